The molecule has 1 amide bonds. The monoisotopic (exact) mass is 397 g/mol. The van der Waals surface area contributed by atoms with Gasteiger partial charge >= 0.3 is 0 Å². The fourth-order valence-corrected chi connectivity index (χ4v) is 4.10. The number of aryl methyl sites for hydroxylation is 2. The predicted molar refractivity (Wildman–Crippen MR) is 112 cm³/mol. The fourth-order valence-electron chi connectivity index (χ4n) is 3.15. The van der Waals surface area contributed by atoms with E-state index in [1.165, 1.54) is 24.2 Å². The highest BCUT2D eigenvalue weighted by Gasteiger charge is 2.29. The van der Waals surface area contributed by atoms with Crippen molar-refractivity contribution in [1.29, 1.82) is 0 Å². The lowest BCUT2D eigenvalue weighted by atomic mass is 10.1. The highest BCUT2D eigenvalue weighted by Crippen LogP contribution is 2.39. The Hall–Kier alpha value is -2.21. The van der Waals surface area contributed by atoms with E-state index in [4.69, 9.17) is 0 Å². The van der Waals surface area contributed by atoms with Crippen LogP contribution in [-0.2, 0) is 11.2 Å². The SMILES string of the molecule is CC(=O)c1c(C)nc(C2CC2)nc1SCC(=O)N[C@H](C)CCc1ccccc1. The van der Waals surface area contributed by atoms with Gasteiger partial charge in [0.1, 0.15) is 10.9 Å². The van der Waals surface area contributed by atoms with Gasteiger partial charge in [-0.25, -0.2) is 9.97 Å². The number of Topliss-reactive ketones (excluding diaryl/α,β-unsaturated/α-hetero) is 1. The van der Waals surface area contributed by atoms with Gasteiger partial charge in [0.25, 0.3) is 0 Å². The molecule has 0 bridgehead atoms. The van der Waals surface area contributed by atoms with Gasteiger partial charge in [0.2, 0.25) is 5.91 Å². The fraction of sp³-hybridized carbons (Fsp3) is 0.455. The van der Waals surface area contributed by atoms with Crippen LogP contribution in [0.3, 0.4) is 0 Å². The number of nitrogens with zero attached hydrogens (tertiary/aromatic N) is 2. The van der Waals surface area contributed by atoms with Gasteiger partial charge in [0.15, 0.2) is 5.78 Å². The summed E-state index contributed by atoms with van der Waals surface area (Å²) in [5.41, 5.74) is 2.52. The van der Waals surface area contributed by atoms with Gasteiger partial charge in [-0.3, -0.25) is 9.59 Å². The van der Waals surface area contributed by atoms with Crippen LogP contribution in [0.25, 0.3) is 0 Å². The molecule has 0 radical (unpaired) electrons. The van der Waals surface area contributed by atoms with E-state index >= 15 is 0 Å². The molecule has 1 atom stereocenters. The molecule has 0 spiro atoms. The van der Waals surface area contributed by atoms with Gasteiger partial charge in [0.05, 0.1) is 17.0 Å². The Balaban J connectivity index is 1.55. The molecule has 5 nitrogen and oxygen atoms in total. The number of amides is 1. The predicted octanol–water partition coefficient (Wildman–Crippen LogP) is 4.09. The van der Waals surface area contributed by atoms with Crippen molar-refractivity contribution < 1.29 is 9.59 Å². The minimum absolute atomic E-state index is 0.0377. The van der Waals surface area contributed by atoms with Gasteiger partial charge in [-0.1, -0.05) is 42.1 Å². The number of hydrogen-bond donors (Lipinski definition) is 1. The highest BCUT2D eigenvalue weighted by atomic mass is 32.2. The van der Waals surface area contributed by atoms with E-state index in [2.05, 4.69) is 27.4 Å². The summed E-state index contributed by atoms with van der Waals surface area (Å²) >= 11 is 1.33. The molecule has 1 saturated carbocycles. The number of benzene rings is 1. The van der Waals surface area contributed by atoms with E-state index in [-0.39, 0.29) is 23.5 Å². The largest absolute Gasteiger partial charge is 0.353 e. The quantitative estimate of drug-likeness (QED) is 0.392. The summed E-state index contributed by atoms with van der Waals surface area (Å²) in [6.45, 7) is 5.39. The van der Waals surface area contributed by atoms with E-state index in [1.807, 2.05) is 32.0 Å². The average molecular weight is 398 g/mol. The number of carbonyl (C=O) groups excluding carboxylic acids is 2. The van der Waals surface area contributed by atoms with Crippen LogP contribution >= 0.6 is 11.8 Å². The van der Waals surface area contributed by atoms with Gasteiger partial charge in [0, 0.05) is 12.0 Å². The molecule has 1 aromatic carbocycles. The zero-order valence-corrected chi connectivity index (χ0v) is 17.5. The molecule has 28 heavy (non-hydrogen) atoms. The third kappa shape index (κ3) is 5.64. The number of nitrogens with one attached hydrogen (secondary N) is 1. The number of thioether (sulfide) groups is 1. The molecule has 0 unspecified atom stereocenters. The average Bonchev–Trinajstić information content (AvgIpc) is 3.50. The van der Waals surface area contributed by atoms with Crippen molar-refractivity contribution in [3.63, 3.8) is 0 Å². The molecule has 6 heteroatoms. The Morgan fingerprint density at radius 2 is 1.93 bits per heavy atom. The van der Waals surface area contributed by atoms with Crippen LogP contribution < -0.4 is 5.32 Å². The molecule has 1 aromatic heterocycles. The molecule has 0 aliphatic heterocycles. The van der Waals surface area contributed by atoms with Crippen molar-refractivity contribution >= 4 is 23.5 Å². The molecule has 1 aliphatic carbocycles. The first-order valence-electron chi connectivity index (χ1n) is 9.79. The number of aromatic nitrogens is 2. The summed E-state index contributed by atoms with van der Waals surface area (Å²) < 4.78 is 0. The van der Waals surface area contributed by atoms with Crippen LogP contribution in [-0.4, -0.2) is 33.5 Å². The minimum atomic E-state index is -0.0565. The third-order valence-corrected chi connectivity index (χ3v) is 5.80. The van der Waals surface area contributed by atoms with E-state index < -0.39 is 0 Å². The summed E-state index contributed by atoms with van der Waals surface area (Å²) in [5.74, 6) is 1.37. The first-order chi connectivity index (χ1) is 13.4. The lowest BCUT2D eigenvalue weighted by molar-refractivity contribution is -0.119. The van der Waals surface area contributed by atoms with Crippen molar-refractivity contribution in [2.45, 2.75) is 63.4 Å². The molecule has 1 heterocycles. The zero-order valence-electron chi connectivity index (χ0n) is 16.7. The lowest BCUT2D eigenvalue weighted by Crippen LogP contribution is -2.34. The number of ketones is 1. The van der Waals surface area contributed by atoms with Crippen molar-refractivity contribution in [2.24, 2.45) is 0 Å². The zero-order chi connectivity index (χ0) is 20.1. The Labute approximate surface area is 170 Å². The highest BCUT2D eigenvalue weighted by molar-refractivity contribution is 8.00. The second-order valence-electron chi connectivity index (χ2n) is 7.46. The van der Waals surface area contributed by atoms with Crippen LogP contribution in [0.1, 0.15) is 66.5 Å². The molecule has 2 aromatic rings. The van der Waals surface area contributed by atoms with E-state index in [0.717, 1.165) is 31.5 Å². The second-order valence-corrected chi connectivity index (χ2v) is 8.42. The molecule has 148 valence electrons. The van der Waals surface area contributed by atoms with Gasteiger partial charge in [-0.15, -0.1) is 0 Å². The maximum Gasteiger partial charge on any atom is 0.230 e. The summed E-state index contributed by atoms with van der Waals surface area (Å²) in [5, 5.41) is 3.68. The summed E-state index contributed by atoms with van der Waals surface area (Å²) in [6, 6.07) is 10.4. The Kier molecular flexibility index (Phi) is 6.83. The number of hydrogen-bond acceptors (Lipinski definition) is 5. The van der Waals surface area contributed by atoms with Crippen molar-refractivity contribution in [3.8, 4) is 0 Å². The molecule has 1 fully saturated rings. The van der Waals surface area contributed by atoms with Gasteiger partial charge in [-0.05, 0) is 52.0 Å². The summed E-state index contributed by atoms with van der Waals surface area (Å²) in [6.07, 6.45) is 4.02. The first kappa shape index (κ1) is 20.5. The maximum atomic E-state index is 12.4. The normalized spacial score (nSPS) is 14.5. The van der Waals surface area contributed by atoms with Crippen LogP contribution in [0.5, 0.6) is 0 Å². The van der Waals surface area contributed by atoms with Crippen LogP contribution in [0, 0.1) is 6.92 Å². The van der Waals surface area contributed by atoms with Crippen LogP contribution in [0.2, 0.25) is 0 Å². The van der Waals surface area contributed by atoms with E-state index in [1.54, 1.807) is 0 Å². The molecular weight excluding hydrogens is 370 g/mol. The smallest absolute Gasteiger partial charge is 0.230 e. The molecule has 1 N–H and O–H groups in total. The number of carbonyl (C=O) groups is 2. The topological polar surface area (TPSA) is 72.0 Å². The molecular formula is C22H27N3O2S. The first-order valence-corrected chi connectivity index (χ1v) is 10.8. The molecule has 0 saturated heterocycles. The van der Waals surface area contributed by atoms with Crippen molar-refractivity contribution in [1.82, 2.24) is 15.3 Å². The Bertz CT molecular complexity index is 850. The summed E-state index contributed by atoms with van der Waals surface area (Å²) in [7, 11) is 0. The van der Waals surface area contributed by atoms with E-state index in [9.17, 15) is 9.59 Å². The summed E-state index contributed by atoms with van der Waals surface area (Å²) in [4.78, 5) is 33.5. The molecule has 1 aliphatic rings. The van der Waals surface area contributed by atoms with Crippen LogP contribution in [0.15, 0.2) is 35.4 Å². The van der Waals surface area contributed by atoms with Crippen molar-refractivity contribution in [3.05, 3.63) is 53.0 Å². The Morgan fingerprint density at radius 1 is 1.21 bits per heavy atom. The molecule has 3 rings (SSSR count). The number of rotatable bonds is 9. The second kappa shape index (κ2) is 9.32. The van der Waals surface area contributed by atoms with Crippen molar-refractivity contribution in [2.75, 3.05) is 5.75 Å². The van der Waals surface area contributed by atoms with E-state index in [0.29, 0.717) is 22.2 Å². The van der Waals surface area contributed by atoms with Gasteiger partial charge in [-0.2, -0.15) is 0 Å². The minimum Gasteiger partial charge on any atom is -0.353 e. The Morgan fingerprint density at radius 3 is 2.57 bits per heavy atom. The third-order valence-electron chi connectivity index (χ3n) is 4.82. The maximum absolute atomic E-state index is 12.4. The van der Waals surface area contributed by atoms with Crippen LogP contribution in [0.4, 0.5) is 0 Å². The van der Waals surface area contributed by atoms with Gasteiger partial charge < -0.3 is 5.32 Å². The lowest BCUT2D eigenvalue weighted by Gasteiger charge is -2.15. The standard InChI is InChI=1S/C22H27N3O2S/c1-14(9-10-17-7-5-4-6-8-17)23-19(27)13-28-22-20(16(3)26)15(2)24-21(25-22)18-11-12-18/h4-8,14,18H,9-13H2,1-3H3,(H,23,27)/t14-/m1/s1.